The zero-order valence-corrected chi connectivity index (χ0v) is 11.8. The summed E-state index contributed by atoms with van der Waals surface area (Å²) in [5.41, 5.74) is 0. The Morgan fingerprint density at radius 2 is 1.89 bits per heavy atom. The molecular formula is C13H25N3O2. The average molecular weight is 255 g/mol. The second kappa shape index (κ2) is 5.55. The summed E-state index contributed by atoms with van der Waals surface area (Å²) in [5.74, 6) is 0.237. The van der Waals surface area contributed by atoms with E-state index in [4.69, 9.17) is 4.74 Å². The van der Waals surface area contributed by atoms with Crippen LogP contribution in [0.25, 0.3) is 0 Å². The normalized spacial score (nSPS) is 38.1. The first-order chi connectivity index (χ1) is 8.52. The molecule has 1 amide bonds. The van der Waals surface area contributed by atoms with Crippen LogP contribution in [0, 0.1) is 0 Å². The molecular weight excluding hydrogens is 230 g/mol. The molecule has 0 spiro atoms. The summed E-state index contributed by atoms with van der Waals surface area (Å²) >= 11 is 0. The van der Waals surface area contributed by atoms with E-state index in [9.17, 15) is 4.79 Å². The van der Waals surface area contributed by atoms with Crippen LogP contribution >= 0.6 is 0 Å². The van der Waals surface area contributed by atoms with Gasteiger partial charge in [-0.05, 0) is 27.3 Å². The van der Waals surface area contributed by atoms with Crippen LogP contribution in [0.2, 0.25) is 0 Å². The maximum atomic E-state index is 12.4. The third kappa shape index (κ3) is 2.68. The van der Waals surface area contributed by atoms with Crippen molar-refractivity contribution in [2.45, 2.75) is 44.5 Å². The summed E-state index contributed by atoms with van der Waals surface area (Å²) in [4.78, 5) is 16.8. The summed E-state index contributed by atoms with van der Waals surface area (Å²) in [7, 11) is 3.84. The monoisotopic (exact) mass is 255 g/mol. The van der Waals surface area contributed by atoms with Crippen LogP contribution in [-0.2, 0) is 9.53 Å². The minimum Gasteiger partial charge on any atom is -0.380 e. The van der Waals surface area contributed by atoms with E-state index in [2.05, 4.69) is 31.1 Å². The highest BCUT2D eigenvalue weighted by molar-refractivity contribution is 5.82. The summed E-state index contributed by atoms with van der Waals surface area (Å²) in [6, 6.07) is 0.799. The largest absolute Gasteiger partial charge is 0.380 e. The lowest BCUT2D eigenvalue weighted by molar-refractivity contribution is -0.137. The number of carbonyl (C=O) groups excluding carboxylic acids is 1. The van der Waals surface area contributed by atoms with Crippen molar-refractivity contribution in [1.29, 1.82) is 0 Å². The van der Waals surface area contributed by atoms with Crippen molar-refractivity contribution in [3.63, 3.8) is 0 Å². The van der Waals surface area contributed by atoms with Gasteiger partial charge in [-0.3, -0.25) is 9.69 Å². The van der Waals surface area contributed by atoms with Gasteiger partial charge >= 0.3 is 0 Å². The first kappa shape index (κ1) is 13.8. The van der Waals surface area contributed by atoms with Crippen LogP contribution < -0.4 is 5.32 Å². The van der Waals surface area contributed by atoms with Crippen LogP contribution in [-0.4, -0.2) is 73.7 Å². The predicted octanol–water partition coefficient (Wildman–Crippen LogP) is -0.0857. The maximum Gasteiger partial charge on any atom is 0.239 e. The van der Waals surface area contributed by atoms with E-state index < -0.39 is 0 Å². The summed E-state index contributed by atoms with van der Waals surface area (Å²) < 4.78 is 5.30. The van der Waals surface area contributed by atoms with Gasteiger partial charge in [-0.2, -0.15) is 0 Å². The van der Waals surface area contributed by atoms with Gasteiger partial charge in [0.05, 0.1) is 12.1 Å². The maximum absolute atomic E-state index is 12.4. The molecule has 4 unspecified atom stereocenters. The molecule has 0 aliphatic carbocycles. The van der Waals surface area contributed by atoms with Crippen molar-refractivity contribution in [2.75, 3.05) is 33.8 Å². The Hall–Kier alpha value is -0.650. The number of nitrogens with zero attached hydrogens (tertiary/aromatic N) is 2. The Labute approximate surface area is 109 Å². The Morgan fingerprint density at radius 3 is 2.39 bits per heavy atom. The molecule has 2 aliphatic rings. The highest BCUT2D eigenvalue weighted by atomic mass is 16.5. The first-order valence-electron chi connectivity index (χ1n) is 6.79. The first-order valence-corrected chi connectivity index (χ1v) is 6.79. The second-order valence-corrected chi connectivity index (χ2v) is 5.66. The number of ether oxygens (including phenoxy) is 1. The number of hydrogen-bond donors (Lipinski definition) is 1. The van der Waals surface area contributed by atoms with Gasteiger partial charge in [0, 0.05) is 38.8 Å². The summed E-state index contributed by atoms with van der Waals surface area (Å²) in [6.45, 7) is 6.79. The molecule has 2 aliphatic heterocycles. The van der Waals surface area contributed by atoms with Gasteiger partial charge in [0.15, 0.2) is 0 Å². The molecule has 104 valence electrons. The van der Waals surface area contributed by atoms with Crippen LogP contribution in [0.3, 0.4) is 0 Å². The molecule has 2 saturated heterocycles. The van der Waals surface area contributed by atoms with Crippen molar-refractivity contribution in [1.82, 2.24) is 15.1 Å². The van der Waals surface area contributed by atoms with Crippen LogP contribution in [0.4, 0.5) is 0 Å². The van der Waals surface area contributed by atoms with E-state index >= 15 is 0 Å². The molecule has 0 saturated carbocycles. The topological polar surface area (TPSA) is 44.8 Å². The van der Waals surface area contributed by atoms with Crippen LogP contribution in [0.1, 0.15) is 20.3 Å². The highest BCUT2D eigenvalue weighted by Gasteiger charge is 2.36. The Kier molecular flexibility index (Phi) is 4.25. The van der Waals surface area contributed by atoms with Gasteiger partial charge in [0.25, 0.3) is 0 Å². The molecule has 0 bridgehead atoms. The number of amides is 1. The van der Waals surface area contributed by atoms with Crippen molar-refractivity contribution in [3.05, 3.63) is 0 Å². The highest BCUT2D eigenvalue weighted by Crippen LogP contribution is 2.17. The lowest BCUT2D eigenvalue weighted by atomic mass is 10.1. The average Bonchev–Trinajstić information content (AvgIpc) is 2.83. The fourth-order valence-corrected chi connectivity index (χ4v) is 2.88. The van der Waals surface area contributed by atoms with E-state index in [0.29, 0.717) is 12.1 Å². The lowest BCUT2D eigenvalue weighted by Crippen LogP contribution is -2.59. The minimum atomic E-state index is -0.0576. The van der Waals surface area contributed by atoms with E-state index in [1.807, 2.05) is 4.90 Å². The van der Waals surface area contributed by atoms with Gasteiger partial charge in [-0.25, -0.2) is 0 Å². The fraction of sp³-hybridized carbons (Fsp3) is 0.923. The number of nitrogens with one attached hydrogen (secondary N) is 1. The zero-order chi connectivity index (χ0) is 13.3. The molecule has 0 aromatic carbocycles. The molecule has 0 aromatic rings. The van der Waals surface area contributed by atoms with Crippen molar-refractivity contribution < 1.29 is 9.53 Å². The Morgan fingerprint density at radius 1 is 1.28 bits per heavy atom. The standard InChI is InChI=1S/C13H25N3O2/c1-9-7-16(8-10(2)15(9)3)13(17)12-5-11(18-4)6-14-12/h9-12,14H,5-8H2,1-4H3. The number of likely N-dealkylation sites (N-methyl/N-ethyl adjacent to an activating group) is 1. The van der Waals surface area contributed by atoms with Crippen molar-refractivity contribution in [3.8, 4) is 0 Å². The number of rotatable bonds is 2. The van der Waals surface area contributed by atoms with Gasteiger partial charge < -0.3 is 15.0 Å². The molecule has 1 N–H and O–H groups in total. The number of methoxy groups -OCH3 is 1. The summed E-state index contributed by atoms with van der Waals surface area (Å²) in [6.07, 6.45) is 0.978. The van der Waals surface area contributed by atoms with E-state index in [-0.39, 0.29) is 18.1 Å². The van der Waals surface area contributed by atoms with Crippen LogP contribution in [0.5, 0.6) is 0 Å². The molecule has 0 aromatic heterocycles. The SMILES string of the molecule is COC1CNC(C(=O)N2CC(C)N(C)C(C)C2)C1. The van der Waals surface area contributed by atoms with Gasteiger partial charge in [0.2, 0.25) is 5.91 Å². The molecule has 18 heavy (non-hydrogen) atoms. The van der Waals surface area contributed by atoms with Gasteiger partial charge in [0.1, 0.15) is 0 Å². The second-order valence-electron chi connectivity index (χ2n) is 5.66. The Bertz CT molecular complexity index is 299. The fourth-order valence-electron chi connectivity index (χ4n) is 2.88. The lowest BCUT2D eigenvalue weighted by Gasteiger charge is -2.43. The van der Waals surface area contributed by atoms with Crippen LogP contribution in [0.15, 0.2) is 0 Å². The summed E-state index contributed by atoms with van der Waals surface area (Å²) in [5, 5.41) is 3.27. The van der Waals surface area contributed by atoms with E-state index in [1.54, 1.807) is 7.11 Å². The van der Waals surface area contributed by atoms with Gasteiger partial charge in [-0.1, -0.05) is 0 Å². The predicted molar refractivity (Wildman–Crippen MR) is 70.5 cm³/mol. The van der Waals surface area contributed by atoms with E-state index in [0.717, 1.165) is 26.1 Å². The number of carbonyl (C=O) groups is 1. The smallest absolute Gasteiger partial charge is 0.239 e. The minimum absolute atomic E-state index is 0.0576. The third-order valence-corrected chi connectivity index (χ3v) is 4.39. The quantitative estimate of drug-likeness (QED) is 0.749. The molecule has 0 radical (unpaired) electrons. The zero-order valence-electron chi connectivity index (χ0n) is 11.8. The number of hydrogen-bond acceptors (Lipinski definition) is 4. The molecule has 5 heteroatoms. The molecule has 5 nitrogen and oxygen atoms in total. The molecule has 4 atom stereocenters. The third-order valence-electron chi connectivity index (χ3n) is 4.39. The van der Waals surface area contributed by atoms with Crippen molar-refractivity contribution in [2.24, 2.45) is 0 Å². The molecule has 2 fully saturated rings. The molecule has 2 heterocycles. The molecule has 2 rings (SSSR count). The van der Waals surface area contributed by atoms with E-state index in [1.165, 1.54) is 0 Å². The van der Waals surface area contributed by atoms with Crippen molar-refractivity contribution >= 4 is 5.91 Å². The number of piperazine rings is 1. The van der Waals surface area contributed by atoms with Gasteiger partial charge in [-0.15, -0.1) is 0 Å². The Balaban J connectivity index is 1.94.